The maximum atomic E-state index is 9.55. The second kappa shape index (κ2) is 6.50. The predicted octanol–water partition coefficient (Wildman–Crippen LogP) is 4.44. The number of H-pyrrole nitrogens is 1. The van der Waals surface area contributed by atoms with E-state index in [4.69, 9.17) is 21.1 Å². The summed E-state index contributed by atoms with van der Waals surface area (Å²) in [6.07, 6.45) is 2.54. The Balaban J connectivity index is 1.76. The number of ether oxygens (including phenoxy) is 2. The number of allylic oxidation sites excluding steroid dienone is 1. The highest BCUT2D eigenvalue weighted by Crippen LogP contribution is 2.38. The molecule has 0 bridgehead atoms. The van der Waals surface area contributed by atoms with E-state index in [1.54, 1.807) is 12.1 Å². The summed E-state index contributed by atoms with van der Waals surface area (Å²) in [6.45, 7) is 1.15. The van der Waals surface area contributed by atoms with E-state index in [0.29, 0.717) is 41.1 Å². The van der Waals surface area contributed by atoms with Gasteiger partial charge < -0.3 is 14.5 Å². The van der Waals surface area contributed by atoms with Gasteiger partial charge >= 0.3 is 0 Å². The second-order valence-corrected chi connectivity index (χ2v) is 6.06. The van der Waals surface area contributed by atoms with Crippen LogP contribution in [0.25, 0.3) is 22.7 Å². The molecule has 0 atom stereocenters. The molecule has 1 N–H and O–H groups in total. The van der Waals surface area contributed by atoms with E-state index in [2.05, 4.69) is 16.0 Å². The Morgan fingerprint density at radius 1 is 1.24 bits per heavy atom. The number of aromatic nitrogens is 2. The molecular formula is C19H14ClN3O2. The molecule has 2 aromatic carbocycles. The molecule has 1 aliphatic heterocycles. The van der Waals surface area contributed by atoms with Crippen LogP contribution in [0.5, 0.6) is 11.5 Å². The van der Waals surface area contributed by atoms with Gasteiger partial charge in [-0.15, -0.1) is 0 Å². The van der Waals surface area contributed by atoms with Gasteiger partial charge in [0.2, 0.25) is 0 Å². The summed E-state index contributed by atoms with van der Waals surface area (Å²) < 4.78 is 11.3. The van der Waals surface area contributed by atoms with Gasteiger partial charge in [0.15, 0.2) is 11.5 Å². The normalized spacial score (nSPS) is 14.2. The van der Waals surface area contributed by atoms with Crippen LogP contribution in [0.2, 0.25) is 5.02 Å². The van der Waals surface area contributed by atoms with Gasteiger partial charge in [0.25, 0.3) is 0 Å². The smallest absolute Gasteiger partial charge is 0.179 e. The monoisotopic (exact) mass is 351 g/mol. The SMILES string of the molecule is N#C/C(=C/c1cc(Cl)c2c(c1)OCCCO2)c1nc2ccccc2[nH]1. The number of nitriles is 1. The van der Waals surface area contributed by atoms with Crippen molar-refractivity contribution in [2.24, 2.45) is 0 Å². The van der Waals surface area contributed by atoms with Crippen molar-refractivity contribution in [2.45, 2.75) is 6.42 Å². The lowest BCUT2D eigenvalue weighted by Gasteiger charge is -2.10. The molecule has 5 nitrogen and oxygen atoms in total. The predicted molar refractivity (Wildman–Crippen MR) is 96.6 cm³/mol. The number of rotatable bonds is 2. The Morgan fingerprint density at radius 3 is 2.92 bits per heavy atom. The number of imidazole rings is 1. The van der Waals surface area contributed by atoms with Gasteiger partial charge in [-0.1, -0.05) is 23.7 Å². The van der Waals surface area contributed by atoms with Crippen LogP contribution in [-0.2, 0) is 0 Å². The minimum absolute atomic E-state index is 0.418. The molecule has 4 rings (SSSR count). The van der Waals surface area contributed by atoms with Gasteiger partial charge in [-0.3, -0.25) is 0 Å². The van der Waals surface area contributed by atoms with E-state index < -0.39 is 0 Å². The summed E-state index contributed by atoms with van der Waals surface area (Å²) in [7, 11) is 0. The summed E-state index contributed by atoms with van der Waals surface area (Å²) in [6, 6.07) is 13.4. The molecule has 3 aromatic rings. The fourth-order valence-electron chi connectivity index (χ4n) is 2.73. The largest absolute Gasteiger partial charge is 0.489 e. The van der Waals surface area contributed by atoms with Crippen molar-refractivity contribution < 1.29 is 9.47 Å². The Hall–Kier alpha value is -2.97. The fourth-order valence-corrected chi connectivity index (χ4v) is 3.01. The molecule has 0 spiro atoms. The number of fused-ring (bicyclic) bond motifs is 2. The number of hydrogen-bond acceptors (Lipinski definition) is 4. The average Bonchev–Trinajstić information content (AvgIpc) is 2.90. The van der Waals surface area contributed by atoms with E-state index in [1.165, 1.54) is 0 Å². The van der Waals surface area contributed by atoms with Gasteiger partial charge in [0.1, 0.15) is 11.9 Å². The quantitative estimate of drug-likeness (QED) is 0.693. The molecule has 1 aromatic heterocycles. The Bertz CT molecular complexity index is 984. The Morgan fingerprint density at radius 2 is 2.08 bits per heavy atom. The van der Waals surface area contributed by atoms with E-state index >= 15 is 0 Å². The van der Waals surface area contributed by atoms with Crippen LogP contribution in [0.3, 0.4) is 0 Å². The maximum Gasteiger partial charge on any atom is 0.179 e. The third-order valence-corrected chi connectivity index (χ3v) is 4.18. The summed E-state index contributed by atoms with van der Waals surface area (Å²) >= 11 is 6.32. The minimum Gasteiger partial charge on any atom is -0.489 e. The van der Waals surface area contributed by atoms with E-state index in [1.807, 2.05) is 30.3 Å². The van der Waals surface area contributed by atoms with Gasteiger partial charge in [0, 0.05) is 6.42 Å². The molecule has 25 heavy (non-hydrogen) atoms. The highest BCUT2D eigenvalue weighted by Gasteiger charge is 2.16. The molecule has 0 amide bonds. The van der Waals surface area contributed by atoms with Gasteiger partial charge in [-0.2, -0.15) is 5.26 Å². The topological polar surface area (TPSA) is 70.9 Å². The highest BCUT2D eigenvalue weighted by atomic mass is 35.5. The first-order valence-corrected chi connectivity index (χ1v) is 8.28. The van der Waals surface area contributed by atoms with Crippen molar-refractivity contribution in [1.82, 2.24) is 9.97 Å². The zero-order chi connectivity index (χ0) is 17.2. The van der Waals surface area contributed by atoms with Crippen molar-refractivity contribution in [2.75, 3.05) is 13.2 Å². The van der Waals surface area contributed by atoms with Gasteiger partial charge in [0.05, 0.1) is 34.8 Å². The molecule has 1 aliphatic rings. The summed E-state index contributed by atoms with van der Waals surface area (Å²) in [5, 5.41) is 10.0. The molecule has 0 fully saturated rings. The van der Waals surface area contributed by atoms with Crippen LogP contribution < -0.4 is 9.47 Å². The average molecular weight is 352 g/mol. The van der Waals surface area contributed by atoms with Crippen molar-refractivity contribution in [3.8, 4) is 17.6 Å². The van der Waals surface area contributed by atoms with Crippen molar-refractivity contribution >= 4 is 34.3 Å². The Labute approximate surface area is 149 Å². The van der Waals surface area contributed by atoms with Crippen LogP contribution in [0.4, 0.5) is 0 Å². The molecule has 0 saturated heterocycles. The van der Waals surface area contributed by atoms with Crippen LogP contribution in [0, 0.1) is 11.3 Å². The number of benzene rings is 2. The van der Waals surface area contributed by atoms with E-state index in [9.17, 15) is 5.26 Å². The number of nitrogens with zero attached hydrogens (tertiary/aromatic N) is 2. The third kappa shape index (κ3) is 3.04. The van der Waals surface area contributed by atoms with Gasteiger partial charge in [-0.25, -0.2) is 4.98 Å². The minimum atomic E-state index is 0.418. The Kier molecular flexibility index (Phi) is 4.04. The van der Waals surface area contributed by atoms with Crippen molar-refractivity contribution in [3.63, 3.8) is 0 Å². The zero-order valence-electron chi connectivity index (χ0n) is 13.3. The number of nitrogens with one attached hydrogen (secondary N) is 1. The fraction of sp³-hybridized carbons (Fsp3) is 0.158. The molecule has 0 radical (unpaired) electrons. The first kappa shape index (κ1) is 15.6. The molecular weight excluding hydrogens is 338 g/mol. The van der Waals surface area contributed by atoms with Crippen LogP contribution >= 0.6 is 11.6 Å². The number of para-hydroxylation sites is 2. The number of halogens is 1. The lowest BCUT2D eigenvalue weighted by atomic mass is 10.1. The highest BCUT2D eigenvalue weighted by molar-refractivity contribution is 6.32. The summed E-state index contributed by atoms with van der Waals surface area (Å²) in [5.41, 5.74) is 2.87. The number of hydrogen-bond donors (Lipinski definition) is 1. The molecule has 124 valence electrons. The first-order valence-electron chi connectivity index (χ1n) is 7.90. The third-order valence-electron chi connectivity index (χ3n) is 3.90. The standard InChI is InChI=1S/C19H14ClN3O2/c20-14-9-12(10-17-18(14)25-7-3-6-24-17)8-13(11-21)19-22-15-4-1-2-5-16(15)23-19/h1-2,4-5,8-10H,3,6-7H2,(H,22,23)/b13-8-. The van der Waals surface area contributed by atoms with Crippen molar-refractivity contribution in [3.05, 3.63) is 52.8 Å². The van der Waals surface area contributed by atoms with E-state index in [-0.39, 0.29) is 0 Å². The maximum absolute atomic E-state index is 9.55. The first-order chi connectivity index (χ1) is 12.2. The second-order valence-electron chi connectivity index (χ2n) is 5.65. The van der Waals surface area contributed by atoms with Crippen LogP contribution in [0.15, 0.2) is 36.4 Å². The lowest BCUT2D eigenvalue weighted by molar-refractivity contribution is 0.297. The molecule has 0 aliphatic carbocycles. The van der Waals surface area contributed by atoms with Crippen LogP contribution in [-0.4, -0.2) is 23.2 Å². The molecule has 6 heteroatoms. The lowest BCUT2D eigenvalue weighted by Crippen LogP contribution is -1.97. The molecule has 2 heterocycles. The van der Waals surface area contributed by atoms with Crippen molar-refractivity contribution in [1.29, 1.82) is 5.26 Å². The molecule has 0 saturated carbocycles. The summed E-state index contributed by atoms with van der Waals surface area (Å²) in [4.78, 5) is 7.63. The van der Waals surface area contributed by atoms with E-state index in [0.717, 1.165) is 23.0 Å². The molecule has 0 unspecified atom stereocenters. The van der Waals surface area contributed by atoms with Gasteiger partial charge in [-0.05, 0) is 35.9 Å². The zero-order valence-corrected chi connectivity index (χ0v) is 14.0. The van der Waals surface area contributed by atoms with Crippen LogP contribution in [0.1, 0.15) is 17.8 Å². The summed E-state index contributed by atoms with van der Waals surface area (Å²) in [5.74, 6) is 1.67. The number of aromatic amines is 1.